The van der Waals surface area contributed by atoms with E-state index in [0.29, 0.717) is 19.1 Å². The monoisotopic (exact) mass is 266 g/mol. The van der Waals surface area contributed by atoms with Crippen LogP contribution in [0.5, 0.6) is 0 Å². The molecule has 6 heteroatoms. The molecule has 1 saturated heterocycles. The van der Waals surface area contributed by atoms with Gasteiger partial charge in [0.05, 0.1) is 24.7 Å². The van der Waals surface area contributed by atoms with E-state index >= 15 is 0 Å². The van der Waals surface area contributed by atoms with E-state index in [9.17, 15) is 10.1 Å². The molecule has 0 radical (unpaired) electrons. The number of ether oxygens (including phenoxy) is 2. The Morgan fingerprint density at radius 2 is 2.42 bits per heavy atom. The summed E-state index contributed by atoms with van der Waals surface area (Å²) in [5.74, 6) is 0.441. The second kappa shape index (κ2) is 6.49. The Morgan fingerprint density at radius 3 is 3.05 bits per heavy atom. The van der Waals surface area contributed by atoms with Crippen LogP contribution in [0.25, 0.3) is 0 Å². The number of hydrogen-bond acceptors (Lipinski definition) is 5. The van der Waals surface area contributed by atoms with Crippen LogP contribution < -0.4 is 5.32 Å². The molecule has 0 spiro atoms. The SMILES string of the molecule is CNc1ccc([N+](=O)[O-])cc1COCC1CCOC1. The lowest BCUT2D eigenvalue weighted by molar-refractivity contribution is -0.384. The average molecular weight is 266 g/mol. The zero-order valence-corrected chi connectivity index (χ0v) is 10.9. The first-order valence-corrected chi connectivity index (χ1v) is 6.31. The van der Waals surface area contributed by atoms with Gasteiger partial charge in [0.2, 0.25) is 0 Å². The minimum absolute atomic E-state index is 0.0850. The molecule has 0 aromatic heterocycles. The average Bonchev–Trinajstić information content (AvgIpc) is 2.91. The Kier molecular flexibility index (Phi) is 4.70. The summed E-state index contributed by atoms with van der Waals surface area (Å²) >= 11 is 0. The molecular formula is C13H18N2O4. The predicted octanol–water partition coefficient (Wildman–Crippen LogP) is 2.19. The zero-order chi connectivity index (χ0) is 13.7. The van der Waals surface area contributed by atoms with Crippen molar-refractivity contribution in [2.45, 2.75) is 13.0 Å². The van der Waals surface area contributed by atoms with Crippen LogP contribution in [0, 0.1) is 16.0 Å². The number of anilines is 1. The van der Waals surface area contributed by atoms with Gasteiger partial charge in [-0.05, 0) is 12.5 Å². The van der Waals surface area contributed by atoms with E-state index in [4.69, 9.17) is 9.47 Å². The Bertz CT molecular complexity index is 444. The molecule has 104 valence electrons. The number of hydrogen-bond donors (Lipinski definition) is 1. The van der Waals surface area contributed by atoms with Crippen molar-refractivity contribution in [3.05, 3.63) is 33.9 Å². The van der Waals surface area contributed by atoms with Crippen molar-refractivity contribution in [1.82, 2.24) is 0 Å². The van der Waals surface area contributed by atoms with Gasteiger partial charge in [0, 0.05) is 43.0 Å². The number of nitrogens with zero attached hydrogens (tertiary/aromatic N) is 1. The van der Waals surface area contributed by atoms with E-state index in [1.807, 2.05) is 0 Å². The number of rotatable bonds is 6. The van der Waals surface area contributed by atoms with Gasteiger partial charge in [-0.15, -0.1) is 0 Å². The molecule has 1 aromatic carbocycles. The summed E-state index contributed by atoms with van der Waals surface area (Å²) in [5, 5.41) is 13.8. The zero-order valence-electron chi connectivity index (χ0n) is 10.9. The minimum Gasteiger partial charge on any atom is -0.388 e. The highest BCUT2D eigenvalue weighted by Gasteiger charge is 2.16. The summed E-state index contributed by atoms with van der Waals surface area (Å²) < 4.78 is 10.9. The van der Waals surface area contributed by atoms with Crippen molar-refractivity contribution >= 4 is 11.4 Å². The van der Waals surface area contributed by atoms with E-state index < -0.39 is 4.92 Å². The highest BCUT2D eigenvalue weighted by molar-refractivity contribution is 5.55. The lowest BCUT2D eigenvalue weighted by atomic mass is 10.1. The first-order valence-electron chi connectivity index (χ1n) is 6.31. The Balaban J connectivity index is 1.96. The molecule has 0 aliphatic carbocycles. The predicted molar refractivity (Wildman–Crippen MR) is 71.2 cm³/mol. The molecule has 2 rings (SSSR count). The van der Waals surface area contributed by atoms with Gasteiger partial charge in [-0.25, -0.2) is 0 Å². The fourth-order valence-electron chi connectivity index (χ4n) is 2.11. The second-order valence-electron chi connectivity index (χ2n) is 4.59. The van der Waals surface area contributed by atoms with Crippen molar-refractivity contribution in [3.8, 4) is 0 Å². The quantitative estimate of drug-likeness (QED) is 0.631. The highest BCUT2D eigenvalue weighted by Crippen LogP contribution is 2.23. The van der Waals surface area contributed by atoms with Crippen molar-refractivity contribution in [2.75, 3.05) is 32.2 Å². The van der Waals surface area contributed by atoms with Crippen molar-refractivity contribution < 1.29 is 14.4 Å². The van der Waals surface area contributed by atoms with Crippen LogP contribution in [0.1, 0.15) is 12.0 Å². The molecule has 0 saturated carbocycles. The molecule has 1 aliphatic rings. The third-order valence-corrected chi connectivity index (χ3v) is 3.20. The summed E-state index contributed by atoms with van der Waals surface area (Å²) in [6.07, 6.45) is 1.02. The summed E-state index contributed by atoms with van der Waals surface area (Å²) in [4.78, 5) is 10.4. The molecule has 1 fully saturated rings. The molecular weight excluding hydrogens is 248 g/mol. The maximum atomic E-state index is 10.8. The number of nitrogens with one attached hydrogen (secondary N) is 1. The van der Waals surface area contributed by atoms with E-state index in [1.54, 1.807) is 19.2 Å². The first-order chi connectivity index (χ1) is 9.20. The topological polar surface area (TPSA) is 73.6 Å². The largest absolute Gasteiger partial charge is 0.388 e. The summed E-state index contributed by atoms with van der Waals surface area (Å²) in [7, 11) is 1.79. The number of benzene rings is 1. The molecule has 1 N–H and O–H groups in total. The van der Waals surface area contributed by atoms with Crippen LogP contribution in [0.2, 0.25) is 0 Å². The number of nitro benzene ring substituents is 1. The lowest BCUT2D eigenvalue weighted by Crippen LogP contribution is -2.10. The van der Waals surface area contributed by atoms with Crippen molar-refractivity contribution in [3.63, 3.8) is 0 Å². The van der Waals surface area contributed by atoms with E-state index in [1.165, 1.54) is 6.07 Å². The van der Waals surface area contributed by atoms with Gasteiger partial charge >= 0.3 is 0 Å². The molecule has 1 unspecified atom stereocenters. The molecule has 19 heavy (non-hydrogen) atoms. The Labute approximate surface area is 111 Å². The summed E-state index contributed by atoms with van der Waals surface area (Å²) in [6.45, 7) is 2.54. The van der Waals surface area contributed by atoms with Crippen LogP contribution in [0.15, 0.2) is 18.2 Å². The summed E-state index contributed by atoms with van der Waals surface area (Å²) in [6, 6.07) is 4.74. The highest BCUT2D eigenvalue weighted by atomic mass is 16.6. The lowest BCUT2D eigenvalue weighted by Gasteiger charge is -2.12. The van der Waals surface area contributed by atoms with Crippen LogP contribution in [0.3, 0.4) is 0 Å². The normalized spacial score (nSPS) is 18.5. The number of non-ortho nitro benzene ring substituents is 1. The van der Waals surface area contributed by atoms with Crippen LogP contribution in [0.4, 0.5) is 11.4 Å². The fraction of sp³-hybridized carbons (Fsp3) is 0.538. The summed E-state index contributed by atoms with van der Waals surface area (Å²) in [5.41, 5.74) is 1.74. The Hall–Kier alpha value is -1.66. The first kappa shape index (κ1) is 13.8. The van der Waals surface area contributed by atoms with Gasteiger partial charge in [0.15, 0.2) is 0 Å². The molecule has 1 aromatic rings. The van der Waals surface area contributed by atoms with Crippen molar-refractivity contribution in [1.29, 1.82) is 0 Å². The number of nitro groups is 1. The molecule has 1 heterocycles. The minimum atomic E-state index is -0.395. The third kappa shape index (κ3) is 3.65. The second-order valence-corrected chi connectivity index (χ2v) is 4.59. The van der Waals surface area contributed by atoms with Gasteiger partial charge in [-0.2, -0.15) is 0 Å². The van der Waals surface area contributed by atoms with Crippen LogP contribution in [-0.4, -0.2) is 31.8 Å². The van der Waals surface area contributed by atoms with Gasteiger partial charge in [-0.1, -0.05) is 0 Å². The van der Waals surface area contributed by atoms with Gasteiger partial charge in [0.1, 0.15) is 0 Å². The molecule has 0 bridgehead atoms. The molecule has 6 nitrogen and oxygen atoms in total. The van der Waals surface area contributed by atoms with E-state index in [-0.39, 0.29) is 5.69 Å². The van der Waals surface area contributed by atoms with Crippen LogP contribution in [-0.2, 0) is 16.1 Å². The maximum absolute atomic E-state index is 10.8. The van der Waals surface area contributed by atoms with E-state index in [0.717, 1.165) is 30.9 Å². The Morgan fingerprint density at radius 1 is 1.58 bits per heavy atom. The van der Waals surface area contributed by atoms with Gasteiger partial charge in [0.25, 0.3) is 5.69 Å². The van der Waals surface area contributed by atoms with E-state index in [2.05, 4.69) is 5.32 Å². The maximum Gasteiger partial charge on any atom is 0.269 e. The molecule has 1 atom stereocenters. The third-order valence-electron chi connectivity index (χ3n) is 3.20. The van der Waals surface area contributed by atoms with Gasteiger partial charge < -0.3 is 14.8 Å². The van der Waals surface area contributed by atoms with Crippen molar-refractivity contribution in [2.24, 2.45) is 5.92 Å². The molecule has 1 aliphatic heterocycles. The van der Waals surface area contributed by atoms with Crippen LogP contribution >= 0.6 is 0 Å². The molecule has 0 amide bonds. The fourth-order valence-corrected chi connectivity index (χ4v) is 2.11. The smallest absolute Gasteiger partial charge is 0.269 e. The standard InChI is InChI=1S/C13H18N2O4/c1-14-13-3-2-12(15(16)17)6-11(13)9-19-8-10-4-5-18-7-10/h2-3,6,10,14H,4-5,7-9H2,1H3. The van der Waals surface area contributed by atoms with Gasteiger partial charge in [-0.3, -0.25) is 10.1 Å².